The molecule has 3 heteroatoms. The molecule has 1 unspecified atom stereocenters. The van der Waals surface area contributed by atoms with Crippen LogP contribution in [0.15, 0.2) is 22.8 Å². The van der Waals surface area contributed by atoms with Crippen LogP contribution in [0.2, 0.25) is 0 Å². The van der Waals surface area contributed by atoms with E-state index in [4.69, 9.17) is 11.6 Å². The van der Waals surface area contributed by atoms with Crippen LogP contribution in [0.4, 0.5) is 0 Å². The quantitative estimate of drug-likeness (QED) is 0.594. The molecule has 0 bridgehead atoms. The Morgan fingerprint density at radius 2 is 2.18 bits per heavy atom. The largest absolute Gasteiger partial charge is 0.386 e. The molecule has 2 nitrogen and oxygen atoms in total. The van der Waals surface area contributed by atoms with Crippen molar-refractivity contribution in [3.8, 4) is 0 Å². The third kappa shape index (κ3) is 2.66. The van der Waals surface area contributed by atoms with Crippen molar-refractivity contribution in [1.29, 1.82) is 0 Å². The lowest BCUT2D eigenvalue weighted by Crippen LogP contribution is -2.23. The Kier molecular flexibility index (Phi) is 3.30. The standard InChI is InChI=1S/C8H11ClO.H3N/c1-6-5-8(2,10)4-3-7(6)9;/h3-4,10H,5H2,1-2H3;1H3. The minimum absolute atomic E-state index is 0. The molecule has 0 heterocycles. The van der Waals surface area contributed by atoms with Crippen LogP contribution in [0.5, 0.6) is 0 Å². The Bertz CT molecular complexity index is 206. The van der Waals surface area contributed by atoms with Crippen LogP contribution in [0.1, 0.15) is 20.3 Å². The molecule has 1 aliphatic carbocycles. The number of halogens is 1. The van der Waals surface area contributed by atoms with Gasteiger partial charge in [-0.15, -0.1) is 0 Å². The van der Waals surface area contributed by atoms with Gasteiger partial charge in [-0.2, -0.15) is 0 Å². The van der Waals surface area contributed by atoms with Crippen molar-refractivity contribution < 1.29 is 5.11 Å². The highest BCUT2D eigenvalue weighted by Gasteiger charge is 2.21. The van der Waals surface area contributed by atoms with Gasteiger partial charge in [0.2, 0.25) is 0 Å². The van der Waals surface area contributed by atoms with Crippen LogP contribution in [0.25, 0.3) is 0 Å². The molecule has 0 aromatic carbocycles. The van der Waals surface area contributed by atoms with Gasteiger partial charge < -0.3 is 11.3 Å². The van der Waals surface area contributed by atoms with Crippen molar-refractivity contribution in [1.82, 2.24) is 6.15 Å². The highest BCUT2D eigenvalue weighted by Crippen LogP contribution is 2.27. The highest BCUT2D eigenvalue weighted by molar-refractivity contribution is 6.31. The summed E-state index contributed by atoms with van der Waals surface area (Å²) in [7, 11) is 0. The Balaban J connectivity index is 0.000001000. The second-order valence-corrected chi connectivity index (χ2v) is 3.40. The van der Waals surface area contributed by atoms with E-state index in [0.717, 1.165) is 10.6 Å². The summed E-state index contributed by atoms with van der Waals surface area (Å²) in [5.74, 6) is 0. The van der Waals surface area contributed by atoms with Crippen molar-refractivity contribution in [3.05, 3.63) is 22.8 Å². The van der Waals surface area contributed by atoms with Gasteiger partial charge in [0.1, 0.15) is 0 Å². The van der Waals surface area contributed by atoms with Gasteiger partial charge in [0.05, 0.1) is 5.60 Å². The summed E-state index contributed by atoms with van der Waals surface area (Å²) in [6.07, 6.45) is 4.12. The fourth-order valence-corrected chi connectivity index (χ4v) is 1.20. The summed E-state index contributed by atoms with van der Waals surface area (Å²) in [4.78, 5) is 0. The van der Waals surface area contributed by atoms with E-state index < -0.39 is 5.60 Å². The van der Waals surface area contributed by atoms with Gasteiger partial charge >= 0.3 is 0 Å². The second kappa shape index (κ2) is 3.39. The lowest BCUT2D eigenvalue weighted by Gasteiger charge is -2.23. The molecule has 64 valence electrons. The maximum absolute atomic E-state index is 9.48. The molecule has 0 amide bonds. The SMILES string of the molecule is CC1=C(Cl)C=CC(C)(O)C1.N. The average Bonchev–Trinajstić information content (AvgIpc) is 1.79. The van der Waals surface area contributed by atoms with E-state index in [2.05, 4.69) is 0 Å². The van der Waals surface area contributed by atoms with Crippen molar-refractivity contribution in [2.75, 3.05) is 0 Å². The molecular formula is C8H14ClNO. The van der Waals surface area contributed by atoms with Crippen LogP contribution < -0.4 is 6.15 Å². The minimum Gasteiger partial charge on any atom is -0.386 e. The Morgan fingerprint density at radius 1 is 1.64 bits per heavy atom. The molecule has 1 atom stereocenters. The molecule has 0 saturated heterocycles. The van der Waals surface area contributed by atoms with Gasteiger partial charge in [-0.25, -0.2) is 0 Å². The van der Waals surface area contributed by atoms with Crippen LogP contribution in [-0.4, -0.2) is 10.7 Å². The van der Waals surface area contributed by atoms with E-state index in [1.165, 1.54) is 0 Å². The zero-order valence-corrected chi connectivity index (χ0v) is 7.65. The lowest BCUT2D eigenvalue weighted by atomic mass is 9.93. The third-order valence-corrected chi connectivity index (χ3v) is 2.07. The Hall–Kier alpha value is -0.310. The first-order chi connectivity index (χ1) is 4.51. The first kappa shape index (κ1) is 10.7. The van der Waals surface area contributed by atoms with E-state index >= 15 is 0 Å². The molecule has 0 spiro atoms. The summed E-state index contributed by atoms with van der Waals surface area (Å²) in [5.41, 5.74) is 0.358. The third-order valence-electron chi connectivity index (χ3n) is 1.62. The number of allylic oxidation sites excluding steroid dienone is 2. The summed E-state index contributed by atoms with van der Waals surface area (Å²) in [6.45, 7) is 3.70. The number of aliphatic hydroxyl groups is 1. The van der Waals surface area contributed by atoms with E-state index in [0.29, 0.717) is 6.42 Å². The van der Waals surface area contributed by atoms with Crippen LogP contribution in [0.3, 0.4) is 0 Å². The molecular weight excluding hydrogens is 162 g/mol. The molecule has 1 aliphatic rings. The molecule has 1 rings (SSSR count). The maximum atomic E-state index is 9.48. The molecule has 0 fully saturated rings. The molecule has 0 aromatic rings. The van der Waals surface area contributed by atoms with Gasteiger partial charge in [0.15, 0.2) is 0 Å². The van der Waals surface area contributed by atoms with Crippen LogP contribution in [-0.2, 0) is 0 Å². The van der Waals surface area contributed by atoms with Gasteiger partial charge in [-0.1, -0.05) is 23.3 Å². The van der Waals surface area contributed by atoms with Crippen LogP contribution in [0, 0.1) is 0 Å². The predicted octanol–water partition coefficient (Wildman–Crippen LogP) is 2.37. The van der Waals surface area contributed by atoms with Crippen molar-refractivity contribution in [3.63, 3.8) is 0 Å². The van der Waals surface area contributed by atoms with E-state index in [1.54, 1.807) is 19.1 Å². The molecule has 0 aliphatic heterocycles. The smallest absolute Gasteiger partial charge is 0.0840 e. The summed E-state index contributed by atoms with van der Waals surface area (Å²) in [5, 5.41) is 10.2. The zero-order valence-electron chi connectivity index (χ0n) is 6.89. The Morgan fingerprint density at radius 3 is 2.55 bits per heavy atom. The van der Waals surface area contributed by atoms with Crippen molar-refractivity contribution in [2.45, 2.75) is 25.9 Å². The number of hydrogen-bond donors (Lipinski definition) is 2. The van der Waals surface area contributed by atoms with Gasteiger partial charge in [0, 0.05) is 11.5 Å². The molecule has 11 heavy (non-hydrogen) atoms. The molecule has 0 aromatic heterocycles. The predicted molar refractivity (Wildman–Crippen MR) is 48.0 cm³/mol. The van der Waals surface area contributed by atoms with E-state index in [-0.39, 0.29) is 6.15 Å². The Labute approximate surface area is 72.1 Å². The van der Waals surface area contributed by atoms with E-state index in [1.807, 2.05) is 6.92 Å². The van der Waals surface area contributed by atoms with E-state index in [9.17, 15) is 5.11 Å². The van der Waals surface area contributed by atoms with Crippen molar-refractivity contribution in [2.24, 2.45) is 0 Å². The maximum Gasteiger partial charge on any atom is 0.0840 e. The highest BCUT2D eigenvalue weighted by atomic mass is 35.5. The average molecular weight is 176 g/mol. The van der Waals surface area contributed by atoms with Gasteiger partial charge in [-0.05, 0) is 19.9 Å². The monoisotopic (exact) mass is 175 g/mol. The first-order valence-electron chi connectivity index (χ1n) is 3.28. The lowest BCUT2D eigenvalue weighted by molar-refractivity contribution is 0.110. The fraction of sp³-hybridized carbons (Fsp3) is 0.500. The summed E-state index contributed by atoms with van der Waals surface area (Å²) < 4.78 is 0. The number of rotatable bonds is 0. The summed E-state index contributed by atoms with van der Waals surface area (Å²) >= 11 is 5.78. The number of hydrogen-bond acceptors (Lipinski definition) is 2. The molecule has 0 saturated carbocycles. The van der Waals surface area contributed by atoms with Crippen molar-refractivity contribution >= 4 is 11.6 Å². The second-order valence-electron chi connectivity index (χ2n) is 3.00. The van der Waals surface area contributed by atoms with Gasteiger partial charge in [0.25, 0.3) is 0 Å². The summed E-state index contributed by atoms with van der Waals surface area (Å²) in [6, 6.07) is 0. The molecule has 4 N–H and O–H groups in total. The topological polar surface area (TPSA) is 55.2 Å². The zero-order chi connectivity index (χ0) is 7.78. The first-order valence-corrected chi connectivity index (χ1v) is 3.66. The fourth-order valence-electron chi connectivity index (χ4n) is 1.08. The van der Waals surface area contributed by atoms with Crippen LogP contribution >= 0.6 is 11.6 Å². The molecule has 0 radical (unpaired) electrons. The normalized spacial score (nSPS) is 30.2. The minimum atomic E-state index is -0.692. The van der Waals surface area contributed by atoms with Gasteiger partial charge in [-0.3, -0.25) is 0 Å².